The van der Waals surface area contributed by atoms with Gasteiger partial charge in [0.1, 0.15) is 12.4 Å². The first-order chi connectivity index (χ1) is 7.27. The normalized spacial score (nSPS) is 10.3. The molecule has 0 bridgehead atoms. The SMILES string of the molecule is CCOCCOc1ccc(CCl)cc1Cl. The van der Waals surface area contributed by atoms with Crippen LogP contribution in [0, 0.1) is 0 Å². The number of halogens is 2. The summed E-state index contributed by atoms with van der Waals surface area (Å²) in [5.74, 6) is 1.13. The van der Waals surface area contributed by atoms with Crippen molar-refractivity contribution in [3.8, 4) is 5.75 Å². The van der Waals surface area contributed by atoms with Crippen molar-refractivity contribution in [1.82, 2.24) is 0 Å². The van der Waals surface area contributed by atoms with Gasteiger partial charge in [-0.15, -0.1) is 11.6 Å². The molecule has 1 aromatic rings. The molecule has 84 valence electrons. The van der Waals surface area contributed by atoms with Gasteiger partial charge in [-0.3, -0.25) is 0 Å². The topological polar surface area (TPSA) is 18.5 Å². The summed E-state index contributed by atoms with van der Waals surface area (Å²) in [5, 5.41) is 0.588. The number of hydrogen-bond donors (Lipinski definition) is 0. The van der Waals surface area contributed by atoms with Crippen LogP contribution >= 0.6 is 23.2 Å². The van der Waals surface area contributed by atoms with E-state index in [1.165, 1.54) is 0 Å². The average Bonchev–Trinajstić information content (AvgIpc) is 2.26. The van der Waals surface area contributed by atoms with E-state index in [-0.39, 0.29) is 0 Å². The zero-order valence-corrected chi connectivity index (χ0v) is 10.1. The maximum absolute atomic E-state index is 6.00. The lowest BCUT2D eigenvalue weighted by Gasteiger charge is -2.08. The molecule has 0 aromatic heterocycles. The summed E-state index contributed by atoms with van der Waals surface area (Å²) in [5.41, 5.74) is 0.985. The summed E-state index contributed by atoms with van der Waals surface area (Å²) in [4.78, 5) is 0. The number of ether oxygens (including phenoxy) is 2. The van der Waals surface area contributed by atoms with Crippen molar-refractivity contribution in [2.75, 3.05) is 19.8 Å². The molecule has 0 atom stereocenters. The van der Waals surface area contributed by atoms with Crippen molar-refractivity contribution < 1.29 is 9.47 Å². The van der Waals surface area contributed by atoms with Crippen LogP contribution in [0.5, 0.6) is 5.75 Å². The first-order valence-electron chi connectivity index (χ1n) is 4.83. The number of alkyl halides is 1. The Hall–Kier alpha value is -0.440. The Bertz CT molecular complexity index is 303. The molecule has 1 aromatic carbocycles. The molecule has 0 saturated carbocycles. The third-order valence-corrected chi connectivity index (χ3v) is 2.44. The molecular weight excluding hydrogens is 235 g/mol. The van der Waals surface area contributed by atoms with Gasteiger partial charge < -0.3 is 9.47 Å². The maximum Gasteiger partial charge on any atom is 0.138 e. The highest BCUT2D eigenvalue weighted by Crippen LogP contribution is 2.25. The van der Waals surface area contributed by atoms with Crippen LogP contribution in [0.1, 0.15) is 12.5 Å². The van der Waals surface area contributed by atoms with Gasteiger partial charge in [-0.25, -0.2) is 0 Å². The van der Waals surface area contributed by atoms with E-state index < -0.39 is 0 Å². The van der Waals surface area contributed by atoms with E-state index in [9.17, 15) is 0 Å². The molecule has 0 heterocycles. The van der Waals surface area contributed by atoms with Crippen molar-refractivity contribution in [1.29, 1.82) is 0 Å². The van der Waals surface area contributed by atoms with Crippen LogP contribution in [-0.4, -0.2) is 19.8 Å². The van der Waals surface area contributed by atoms with Crippen LogP contribution in [0.2, 0.25) is 5.02 Å². The second-order valence-electron chi connectivity index (χ2n) is 2.94. The predicted molar refractivity (Wildman–Crippen MR) is 63.0 cm³/mol. The Labute approximate surface area is 100 Å². The summed E-state index contributed by atoms with van der Waals surface area (Å²) in [7, 11) is 0. The number of benzene rings is 1. The van der Waals surface area contributed by atoms with Crippen LogP contribution in [0.4, 0.5) is 0 Å². The summed E-state index contributed by atoms with van der Waals surface area (Å²) >= 11 is 11.7. The largest absolute Gasteiger partial charge is 0.490 e. The van der Waals surface area contributed by atoms with E-state index in [4.69, 9.17) is 32.7 Å². The Morgan fingerprint density at radius 3 is 2.67 bits per heavy atom. The van der Waals surface area contributed by atoms with Crippen molar-refractivity contribution >= 4 is 23.2 Å². The fourth-order valence-electron chi connectivity index (χ4n) is 1.10. The van der Waals surface area contributed by atoms with Crippen LogP contribution < -0.4 is 4.74 Å². The summed E-state index contributed by atoms with van der Waals surface area (Å²) in [6.45, 7) is 3.72. The minimum absolute atomic E-state index is 0.457. The van der Waals surface area contributed by atoms with Crippen molar-refractivity contribution in [2.45, 2.75) is 12.8 Å². The molecule has 0 amide bonds. The van der Waals surface area contributed by atoms with E-state index in [0.717, 1.165) is 5.56 Å². The minimum atomic E-state index is 0.457. The zero-order valence-electron chi connectivity index (χ0n) is 8.63. The Balaban J connectivity index is 2.47. The Morgan fingerprint density at radius 2 is 2.07 bits per heavy atom. The lowest BCUT2D eigenvalue weighted by Crippen LogP contribution is -2.06. The van der Waals surface area contributed by atoms with Crippen LogP contribution in [0.15, 0.2) is 18.2 Å². The molecule has 0 aliphatic rings. The monoisotopic (exact) mass is 248 g/mol. The van der Waals surface area contributed by atoms with E-state index in [2.05, 4.69) is 0 Å². The summed E-state index contributed by atoms with van der Waals surface area (Å²) < 4.78 is 10.6. The van der Waals surface area contributed by atoms with E-state index in [1.807, 2.05) is 25.1 Å². The van der Waals surface area contributed by atoms with Crippen molar-refractivity contribution in [3.05, 3.63) is 28.8 Å². The van der Waals surface area contributed by atoms with Gasteiger partial charge in [0.2, 0.25) is 0 Å². The first-order valence-corrected chi connectivity index (χ1v) is 5.74. The van der Waals surface area contributed by atoms with Gasteiger partial charge in [0.05, 0.1) is 11.6 Å². The standard InChI is InChI=1S/C11H14Cl2O2/c1-2-14-5-6-15-11-4-3-9(8-12)7-10(11)13/h3-4,7H,2,5-6,8H2,1H3. The molecule has 0 radical (unpaired) electrons. The minimum Gasteiger partial charge on any atom is -0.490 e. The fraction of sp³-hybridized carbons (Fsp3) is 0.455. The number of hydrogen-bond acceptors (Lipinski definition) is 2. The van der Waals surface area contributed by atoms with Gasteiger partial charge in [-0.05, 0) is 24.6 Å². The van der Waals surface area contributed by atoms with Gasteiger partial charge in [-0.2, -0.15) is 0 Å². The molecule has 4 heteroatoms. The van der Waals surface area contributed by atoms with Crippen LogP contribution in [-0.2, 0) is 10.6 Å². The second-order valence-corrected chi connectivity index (χ2v) is 3.62. The third-order valence-electron chi connectivity index (χ3n) is 1.84. The molecule has 0 fully saturated rings. The highest BCUT2D eigenvalue weighted by Gasteiger charge is 2.02. The molecule has 15 heavy (non-hydrogen) atoms. The van der Waals surface area contributed by atoms with Gasteiger partial charge in [-0.1, -0.05) is 17.7 Å². The highest BCUT2D eigenvalue weighted by atomic mass is 35.5. The first kappa shape index (κ1) is 12.6. The van der Waals surface area contributed by atoms with Gasteiger partial charge in [0, 0.05) is 12.5 Å². The smallest absolute Gasteiger partial charge is 0.138 e. The van der Waals surface area contributed by atoms with Crippen LogP contribution in [0.3, 0.4) is 0 Å². The molecule has 1 rings (SSSR count). The highest BCUT2D eigenvalue weighted by molar-refractivity contribution is 6.32. The van der Waals surface area contributed by atoms with Crippen LogP contribution in [0.25, 0.3) is 0 Å². The van der Waals surface area contributed by atoms with Gasteiger partial charge in [0.25, 0.3) is 0 Å². The van der Waals surface area contributed by atoms with E-state index in [0.29, 0.717) is 36.5 Å². The molecule has 0 saturated heterocycles. The maximum atomic E-state index is 6.00. The third kappa shape index (κ3) is 4.29. The van der Waals surface area contributed by atoms with Gasteiger partial charge >= 0.3 is 0 Å². The molecule has 0 unspecified atom stereocenters. The average molecular weight is 249 g/mol. The molecule has 0 aliphatic heterocycles. The molecular formula is C11H14Cl2O2. The molecule has 0 N–H and O–H groups in total. The zero-order chi connectivity index (χ0) is 11.1. The summed E-state index contributed by atoms with van der Waals surface area (Å²) in [6, 6.07) is 5.53. The van der Waals surface area contributed by atoms with Gasteiger partial charge in [0.15, 0.2) is 0 Å². The predicted octanol–water partition coefficient (Wildman–Crippen LogP) is 3.49. The molecule has 2 nitrogen and oxygen atoms in total. The second kappa shape index (κ2) is 6.94. The van der Waals surface area contributed by atoms with Crippen molar-refractivity contribution in [2.24, 2.45) is 0 Å². The Morgan fingerprint density at radius 1 is 1.27 bits per heavy atom. The molecule has 0 spiro atoms. The van der Waals surface area contributed by atoms with Crippen molar-refractivity contribution in [3.63, 3.8) is 0 Å². The number of rotatable bonds is 6. The lowest BCUT2D eigenvalue weighted by atomic mass is 10.2. The quantitative estimate of drug-likeness (QED) is 0.567. The lowest BCUT2D eigenvalue weighted by molar-refractivity contribution is 0.110. The van der Waals surface area contributed by atoms with E-state index >= 15 is 0 Å². The Kier molecular flexibility index (Phi) is 5.84. The molecule has 0 aliphatic carbocycles. The van der Waals surface area contributed by atoms with E-state index in [1.54, 1.807) is 0 Å². The summed E-state index contributed by atoms with van der Waals surface area (Å²) in [6.07, 6.45) is 0. The fourth-order valence-corrected chi connectivity index (χ4v) is 1.52.